The molecule has 8 rings (SSSR count). The number of nitrogens with zero attached hydrogens (tertiary/aromatic N) is 9. The van der Waals surface area contributed by atoms with Crippen molar-refractivity contribution in [2.45, 2.75) is 19.6 Å². The second-order valence-corrected chi connectivity index (χ2v) is 13.6. The van der Waals surface area contributed by atoms with E-state index >= 15 is 0 Å². The molecule has 0 saturated heterocycles. The number of terminal acetylenes is 1. The summed E-state index contributed by atoms with van der Waals surface area (Å²) >= 11 is 0. The van der Waals surface area contributed by atoms with Crippen molar-refractivity contribution in [1.29, 1.82) is 0 Å². The molecule has 15 nitrogen and oxygen atoms in total. The van der Waals surface area contributed by atoms with E-state index in [4.69, 9.17) is 42.1 Å². The molecule has 0 radical (unpaired) electrons. The van der Waals surface area contributed by atoms with Crippen molar-refractivity contribution >= 4 is 37.7 Å². The number of azide groups is 1. The van der Waals surface area contributed by atoms with Crippen molar-refractivity contribution in [1.82, 2.24) is 30.0 Å². The normalized spacial score (nSPS) is 9.92. The molecule has 0 bridgehead atoms. The largest absolute Gasteiger partial charge is 0.488 e. The van der Waals surface area contributed by atoms with Crippen LogP contribution in [0.15, 0.2) is 181 Å². The van der Waals surface area contributed by atoms with Gasteiger partial charge in [0, 0.05) is 21.6 Å². The molecule has 0 amide bonds. The zero-order chi connectivity index (χ0) is 44.8. The summed E-state index contributed by atoms with van der Waals surface area (Å²) in [5, 5.41) is 73.6. The fourth-order valence-corrected chi connectivity index (χ4v) is 5.66. The van der Waals surface area contributed by atoms with E-state index in [1.807, 2.05) is 103 Å². The minimum atomic E-state index is -1.45. The van der Waals surface area contributed by atoms with Gasteiger partial charge in [0.25, 0.3) is 0 Å². The van der Waals surface area contributed by atoms with Crippen LogP contribution in [0.1, 0.15) is 22.3 Å². The van der Waals surface area contributed by atoms with Crippen molar-refractivity contribution in [3.8, 4) is 34.9 Å². The van der Waals surface area contributed by atoms with Gasteiger partial charge in [-0.15, -0.1) is 16.6 Å². The van der Waals surface area contributed by atoms with Gasteiger partial charge >= 0.3 is 21.4 Å². The summed E-state index contributed by atoms with van der Waals surface area (Å²) < 4.78 is 3.55. The molecule has 2 aromatic heterocycles. The highest BCUT2D eigenvalue weighted by Gasteiger charge is 2.13. The van der Waals surface area contributed by atoms with E-state index in [1.54, 1.807) is 82.2 Å². The highest BCUT2D eigenvalue weighted by molar-refractivity contribution is 6.59. The molecule has 63 heavy (non-hydrogen) atoms. The third-order valence-corrected chi connectivity index (χ3v) is 9.00. The first kappa shape index (κ1) is 46.5. The lowest BCUT2D eigenvalue weighted by atomic mass is 9.80. The van der Waals surface area contributed by atoms with Crippen LogP contribution in [0.3, 0.4) is 0 Å². The minimum absolute atomic E-state index is 0.442. The maximum absolute atomic E-state index is 9.08. The molecule has 0 saturated carbocycles. The van der Waals surface area contributed by atoms with Gasteiger partial charge in [0.15, 0.2) is 0 Å². The Bertz CT molecular complexity index is 2510. The van der Waals surface area contributed by atoms with E-state index in [1.165, 1.54) is 0 Å². The molecular formula is C45H42B3N9O6. The first-order valence-corrected chi connectivity index (χ1v) is 19.4. The minimum Gasteiger partial charge on any atom is -0.423 e. The Kier molecular flexibility index (Phi) is 18.2. The molecule has 6 N–H and O–H groups in total. The van der Waals surface area contributed by atoms with Crippen molar-refractivity contribution < 1.29 is 30.1 Å². The fourth-order valence-electron chi connectivity index (χ4n) is 5.66. The Hall–Kier alpha value is -7.58. The highest BCUT2D eigenvalue weighted by Crippen LogP contribution is 2.16. The van der Waals surface area contributed by atoms with E-state index in [9.17, 15) is 0 Å². The Labute approximate surface area is 365 Å². The predicted octanol–water partition coefficient (Wildman–Crippen LogP) is 3.19. The predicted molar refractivity (Wildman–Crippen MR) is 245 cm³/mol. The van der Waals surface area contributed by atoms with Gasteiger partial charge in [0.05, 0.1) is 32.0 Å². The molecule has 0 atom stereocenters. The Morgan fingerprint density at radius 1 is 0.508 bits per heavy atom. The molecule has 0 spiro atoms. The first-order valence-electron chi connectivity index (χ1n) is 19.4. The van der Waals surface area contributed by atoms with Gasteiger partial charge in [-0.05, 0) is 50.7 Å². The van der Waals surface area contributed by atoms with Crippen LogP contribution in [0.2, 0.25) is 0 Å². The number of hydrogen-bond acceptors (Lipinski definition) is 11. The molecule has 6 aromatic carbocycles. The quantitative estimate of drug-likeness (QED) is 0.0366. The zero-order valence-electron chi connectivity index (χ0n) is 33.9. The SMILES string of the molecule is C#Cc1ccc(B(O)O)cc1.OB(O)c1ccc(-c2cn(Cc3ccccc3)nn2)cc1.OB(O)c1ccc(-c2cn(Cc3ccccc3)nn2)cc1.[N-]=[N+]=NCc1ccccc1. The maximum Gasteiger partial charge on any atom is 0.488 e. The second-order valence-electron chi connectivity index (χ2n) is 13.6. The fraction of sp³-hybridized carbons (Fsp3) is 0.0667. The first-order chi connectivity index (χ1) is 30.6. The molecule has 0 aliphatic heterocycles. The topological polar surface area (TPSA) is 232 Å². The lowest BCUT2D eigenvalue weighted by Gasteiger charge is -2.01. The molecular weight excluding hydrogens is 795 g/mol. The van der Waals surface area contributed by atoms with Crippen LogP contribution >= 0.6 is 0 Å². The zero-order valence-corrected chi connectivity index (χ0v) is 33.9. The summed E-state index contributed by atoms with van der Waals surface area (Å²) in [5.41, 5.74) is 16.7. The summed E-state index contributed by atoms with van der Waals surface area (Å²) in [5.74, 6) is 2.43. The van der Waals surface area contributed by atoms with Crippen LogP contribution in [0.5, 0.6) is 0 Å². The lowest BCUT2D eigenvalue weighted by molar-refractivity contribution is 0.424. The van der Waals surface area contributed by atoms with Gasteiger partial charge in [0.1, 0.15) is 11.4 Å². The smallest absolute Gasteiger partial charge is 0.423 e. The monoisotopic (exact) mass is 837 g/mol. The number of rotatable bonds is 11. The lowest BCUT2D eigenvalue weighted by Crippen LogP contribution is -2.29. The van der Waals surface area contributed by atoms with Crippen LogP contribution in [0, 0.1) is 12.3 Å². The van der Waals surface area contributed by atoms with Crippen LogP contribution in [-0.2, 0) is 19.6 Å². The van der Waals surface area contributed by atoms with Gasteiger partial charge in [-0.3, -0.25) is 0 Å². The summed E-state index contributed by atoms with van der Waals surface area (Å²) in [7, 11) is -4.32. The summed E-state index contributed by atoms with van der Waals surface area (Å²) in [6.07, 6.45) is 8.85. The molecule has 18 heteroatoms. The van der Waals surface area contributed by atoms with E-state index in [-0.39, 0.29) is 0 Å². The standard InChI is InChI=1S/2C15H14BN3O2.C8H7BO2.C7H7N3/c2*20-16(21)14-8-6-13(7-9-14)15-11-19(18-17-15)10-12-4-2-1-3-5-12;1-2-7-3-5-8(6-4-7)9(10)11;8-10-9-6-7-4-2-1-3-5-7/h2*1-9,11,20-21H,10H2;1,3-6,10-11H;1-5H,6H2. The molecule has 312 valence electrons. The van der Waals surface area contributed by atoms with Crippen LogP contribution in [0.25, 0.3) is 33.0 Å². The van der Waals surface area contributed by atoms with Gasteiger partial charge in [-0.1, -0.05) is 173 Å². The van der Waals surface area contributed by atoms with Crippen LogP contribution < -0.4 is 16.4 Å². The molecule has 0 fully saturated rings. The van der Waals surface area contributed by atoms with Crippen molar-refractivity contribution in [2.24, 2.45) is 5.11 Å². The summed E-state index contributed by atoms with van der Waals surface area (Å²) in [6.45, 7) is 1.78. The van der Waals surface area contributed by atoms with Crippen LogP contribution in [0.4, 0.5) is 0 Å². The second kappa shape index (κ2) is 24.6. The third-order valence-electron chi connectivity index (χ3n) is 9.00. The van der Waals surface area contributed by atoms with Crippen molar-refractivity contribution in [3.63, 3.8) is 0 Å². The summed E-state index contributed by atoms with van der Waals surface area (Å²) in [4.78, 5) is 2.66. The van der Waals surface area contributed by atoms with E-state index in [2.05, 4.69) is 36.6 Å². The highest BCUT2D eigenvalue weighted by atomic mass is 16.4. The molecule has 0 aliphatic carbocycles. The molecule has 8 aromatic rings. The average Bonchev–Trinajstić information content (AvgIpc) is 4.00. The molecule has 0 unspecified atom stereocenters. The molecule has 2 heterocycles. The Morgan fingerprint density at radius 3 is 1.19 bits per heavy atom. The van der Waals surface area contributed by atoms with Gasteiger partial charge < -0.3 is 30.1 Å². The number of benzene rings is 6. The van der Waals surface area contributed by atoms with Crippen molar-refractivity contribution in [3.05, 3.63) is 209 Å². The number of hydrogen-bond donors (Lipinski definition) is 6. The Morgan fingerprint density at radius 2 is 0.857 bits per heavy atom. The Balaban J connectivity index is 0.000000167. The van der Waals surface area contributed by atoms with Gasteiger partial charge in [-0.25, -0.2) is 9.36 Å². The van der Waals surface area contributed by atoms with E-state index < -0.39 is 21.4 Å². The van der Waals surface area contributed by atoms with E-state index in [0.29, 0.717) is 36.0 Å². The van der Waals surface area contributed by atoms with E-state index in [0.717, 1.165) is 44.8 Å². The number of aromatic nitrogens is 6. The van der Waals surface area contributed by atoms with Gasteiger partial charge in [-0.2, -0.15) is 0 Å². The van der Waals surface area contributed by atoms with Crippen molar-refractivity contribution in [2.75, 3.05) is 0 Å². The summed E-state index contributed by atoms with van der Waals surface area (Å²) in [6, 6.07) is 50.0. The third kappa shape index (κ3) is 15.4. The average molecular weight is 837 g/mol. The van der Waals surface area contributed by atoms with Crippen LogP contribution in [-0.4, -0.2) is 81.5 Å². The van der Waals surface area contributed by atoms with Gasteiger partial charge in [0.2, 0.25) is 0 Å². The molecule has 0 aliphatic rings. The maximum atomic E-state index is 9.08.